The minimum Gasteiger partial charge on any atom is -0.487 e. The zero-order valence-corrected chi connectivity index (χ0v) is 13.9. The number of ether oxygens (including phenoxy) is 1. The van der Waals surface area contributed by atoms with Gasteiger partial charge in [0.05, 0.1) is 12.7 Å². The minimum atomic E-state index is -3.69. The molecule has 128 valence electrons. The zero-order chi connectivity index (χ0) is 17.3. The van der Waals surface area contributed by atoms with Gasteiger partial charge in [-0.05, 0) is 24.6 Å². The molecule has 1 aliphatic rings. The highest BCUT2D eigenvalue weighted by Gasteiger charge is 2.34. The van der Waals surface area contributed by atoms with E-state index in [0.717, 1.165) is 0 Å². The summed E-state index contributed by atoms with van der Waals surface area (Å²) in [5.74, 6) is -0.0596. The van der Waals surface area contributed by atoms with Gasteiger partial charge in [-0.2, -0.15) is 4.31 Å². The molecule has 1 unspecified atom stereocenters. The Morgan fingerprint density at radius 2 is 2.25 bits per heavy atom. The summed E-state index contributed by atoms with van der Waals surface area (Å²) in [4.78, 5) is 15.3. The number of hydrogen-bond acceptors (Lipinski definition) is 5. The van der Waals surface area contributed by atoms with E-state index < -0.39 is 15.9 Å². The molecule has 1 aliphatic heterocycles. The van der Waals surface area contributed by atoms with Gasteiger partial charge in [-0.3, -0.25) is 9.78 Å². The van der Waals surface area contributed by atoms with Crippen molar-refractivity contribution in [1.82, 2.24) is 13.9 Å². The van der Waals surface area contributed by atoms with E-state index in [1.807, 2.05) is 0 Å². The van der Waals surface area contributed by atoms with Crippen molar-refractivity contribution in [2.75, 3.05) is 13.1 Å². The molecule has 0 saturated carbocycles. The van der Waals surface area contributed by atoms with Gasteiger partial charge in [0, 0.05) is 26.0 Å². The van der Waals surface area contributed by atoms with Crippen molar-refractivity contribution in [2.24, 2.45) is 12.8 Å². The second kappa shape index (κ2) is 6.25. The van der Waals surface area contributed by atoms with Crippen LogP contribution in [-0.2, 0) is 17.1 Å². The lowest BCUT2D eigenvalue weighted by Gasteiger charge is -2.16. The highest BCUT2D eigenvalue weighted by Crippen LogP contribution is 2.25. The summed E-state index contributed by atoms with van der Waals surface area (Å²) in [7, 11) is -2.11. The molecule has 24 heavy (non-hydrogen) atoms. The van der Waals surface area contributed by atoms with E-state index >= 15 is 0 Å². The van der Waals surface area contributed by atoms with Crippen molar-refractivity contribution in [3.63, 3.8) is 0 Å². The van der Waals surface area contributed by atoms with Crippen LogP contribution in [0.4, 0.5) is 0 Å². The third-order valence-corrected chi connectivity index (χ3v) is 5.75. The summed E-state index contributed by atoms with van der Waals surface area (Å²) in [5, 5.41) is 0. The molecule has 2 aromatic heterocycles. The highest BCUT2D eigenvalue weighted by atomic mass is 32.2. The smallest absolute Gasteiger partial charge is 0.265 e. The van der Waals surface area contributed by atoms with Crippen molar-refractivity contribution in [3.05, 3.63) is 42.5 Å². The van der Waals surface area contributed by atoms with E-state index in [2.05, 4.69) is 4.98 Å². The number of primary amides is 1. The first-order valence-electron chi connectivity index (χ1n) is 7.41. The first kappa shape index (κ1) is 16.5. The Hall–Kier alpha value is -2.39. The molecule has 1 saturated heterocycles. The number of carbonyl (C=O) groups is 1. The van der Waals surface area contributed by atoms with Crippen LogP contribution in [0.5, 0.6) is 5.75 Å². The predicted octanol–water partition coefficient (Wildman–Crippen LogP) is 0.361. The average Bonchev–Trinajstić information content (AvgIpc) is 3.15. The predicted molar refractivity (Wildman–Crippen MR) is 86.0 cm³/mol. The van der Waals surface area contributed by atoms with E-state index in [1.165, 1.54) is 21.1 Å². The fourth-order valence-electron chi connectivity index (χ4n) is 2.69. The van der Waals surface area contributed by atoms with Crippen LogP contribution < -0.4 is 10.5 Å². The lowest BCUT2D eigenvalue weighted by molar-refractivity contribution is 0.0992. The van der Waals surface area contributed by atoms with Crippen LogP contribution in [0.1, 0.15) is 16.9 Å². The van der Waals surface area contributed by atoms with E-state index in [0.29, 0.717) is 18.7 Å². The van der Waals surface area contributed by atoms with Crippen molar-refractivity contribution in [3.8, 4) is 5.75 Å². The molecule has 8 nitrogen and oxygen atoms in total. The van der Waals surface area contributed by atoms with Crippen LogP contribution >= 0.6 is 0 Å². The number of carbonyl (C=O) groups excluding carboxylic acids is 1. The van der Waals surface area contributed by atoms with Crippen LogP contribution in [0.15, 0.2) is 41.7 Å². The maximum Gasteiger partial charge on any atom is 0.265 e. The summed E-state index contributed by atoms with van der Waals surface area (Å²) in [6, 6.07) is 4.83. The number of sulfonamides is 1. The second-order valence-electron chi connectivity index (χ2n) is 5.62. The lowest BCUT2D eigenvalue weighted by atomic mass is 10.3. The third kappa shape index (κ3) is 3.13. The van der Waals surface area contributed by atoms with Crippen molar-refractivity contribution in [1.29, 1.82) is 0 Å². The molecule has 1 atom stereocenters. The summed E-state index contributed by atoms with van der Waals surface area (Å²) >= 11 is 0. The van der Waals surface area contributed by atoms with E-state index in [9.17, 15) is 13.2 Å². The fourth-order valence-corrected chi connectivity index (χ4v) is 4.25. The van der Waals surface area contributed by atoms with Crippen LogP contribution in [-0.4, -0.2) is 47.4 Å². The van der Waals surface area contributed by atoms with Crippen molar-refractivity contribution < 1.29 is 17.9 Å². The molecule has 2 aromatic rings. The molecule has 0 radical (unpaired) electrons. The summed E-state index contributed by atoms with van der Waals surface area (Å²) in [5.41, 5.74) is 5.39. The Balaban J connectivity index is 1.74. The molecular weight excluding hydrogens is 332 g/mol. The number of aryl methyl sites for hydroxylation is 1. The Morgan fingerprint density at radius 3 is 2.88 bits per heavy atom. The lowest BCUT2D eigenvalue weighted by Crippen LogP contribution is -2.30. The summed E-state index contributed by atoms with van der Waals surface area (Å²) in [6.45, 7) is 0.603. The molecule has 9 heteroatoms. The normalized spacial score (nSPS) is 18.6. The van der Waals surface area contributed by atoms with Crippen molar-refractivity contribution in [2.45, 2.75) is 17.4 Å². The quantitative estimate of drug-likeness (QED) is 0.838. The molecule has 1 amide bonds. The maximum atomic E-state index is 12.7. The number of nitrogens with two attached hydrogens (primary N) is 1. The Kier molecular flexibility index (Phi) is 4.29. The van der Waals surface area contributed by atoms with E-state index in [-0.39, 0.29) is 23.2 Å². The van der Waals surface area contributed by atoms with Gasteiger partial charge in [0.25, 0.3) is 5.91 Å². The standard InChI is InChI=1S/C15H18N4O4S/c1-18-10-13(7-14(18)15(16)20)24(21,22)19-6-4-12(9-19)23-11-3-2-5-17-8-11/h2-3,5,7-8,10,12H,4,6,9H2,1H3,(H2,16,20). The van der Waals surface area contributed by atoms with Crippen LogP contribution in [0.2, 0.25) is 0 Å². The maximum absolute atomic E-state index is 12.7. The molecule has 1 fully saturated rings. The van der Waals surface area contributed by atoms with Crippen LogP contribution in [0, 0.1) is 0 Å². The topological polar surface area (TPSA) is 108 Å². The first-order valence-corrected chi connectivity index (χ1v) is 8.85. The molecule has 0 aromatic carbocycles. The monoisotopic (exact) mass is 350 g/mol. The molecule has 3 rings (SSSR count). The first-order chi connectivity index (χ1) is 11.4. The van der Waals surface area contributed by atoms with Gasteiger partial charge >= 0.3 is 0 Å². The van der Waals surface area contributed by atoms with Gasteiger partial charge < -0.3 is 15.0 Å². The molecule has 0 aliphatic carbocycles. The number of aromatic nitrogens is 2. The molecular formula is C15H18N4O4S. The third-order valence-electron chi connectivity index (χ3n) is 3.91. The Morgan fingerprint density at radius 1 is 1.46 bits per heavy atom. The van der Waals surface area contributed by atoms with Gasteiger partial charge in [0.1, 0.15) is 22.4 Å². The van der Waals surface area contributed by atoms with Crippen LogP contribution in [0.3, 0.4) is 0 Å². The molecule has 0 bridgehead atoms. The average molecular weight is 350 g/mol. The number of nitrogens with zero attached hydrogens (tertiary/aromatic N) is 3. The molecule has 2 N–H and O–H groups in total. The second-order valence-corrected chi connectivity index (χ2v) is 7.55. The van der Waals surface area contributed by atoms with Gasteiger partial charge in [-0.15, -0.1) is 0 Å². The largest absolute Gasteiger partial charge is 0.487 e. The minimum absolute atomic E-state index is 0.0563. The van der Waals surface area contributed by atoms with E-state index in [4.69, 9.17) is 10.5 Å². The fraction of sp³-hybridized carbons (Fsp3) is 0.333. The zero-order valence-electron chi connectivity index (χ0n) is 13.1. The Bertz CT molecular complexity index is 848. The van der Waals surface area contributed by atoms with Crippen molar-refractivity contribution >= 4 is 15.9 Å². The molecule has 3 heterocycles. The Labute approximate surface area is 139 Å². The van der Waals surface area contributed by atoms with Gasteiger partial charge in [0.2, 0.25) is 10.0 Å². The van der Waals surface area contributed by atoms with E-state index in [1.54, 1.807) is 31.6 Å². The van der Waals surface area contributed by atoms with Gasteiger partial charge in [-0.25, -0.2) is 8.42 Å². The number of pyridine rings is 1. The van der Waals surface area contributed by atoms with Gasteiger partial charge in [0.15, 0.2) is 0 Å². The highest BCUT2D eigenvalue weighted by molar-refractivity contribution is 7.89. The number of amides is 1. The summed E-state index contributed by atoms with van der Waals surface area (Å²) in [6.07, 6.45) is 4.98. The SMILES string of the molecule is Cn1cc(S(=O)(=O)N2CCC(Oc3cccnc3)C2)cc1C(N)=O. The van der Waals surface area contributed by atoms with Gasteiger partial charge in [-0.1, -0.05) is 0 Å². The number of rotatable bonds is 5. The molecule has 0 spiro atoms. The van der Waals surface area contributed by atoms with Crippen LogP contribution in [0.25, 0.3) is 0 Å². The summed E-state index contributed by atoms with van der Waals surface area (Å²) < 4.78 is 33.9. The number of hydrogen-bond donors (Lipinski definition) is 1.